The molecule has 31 heavy (non-hydrogen) atoms. The Bertz CT molecular complexity index is 1030. The van der Waals surface area contributed by atoms with Gasteiger partial charge in [-0.25, -0.2) is 0 Å². The van der Waals surface area contributed by atoms with Crippen LogP contribution in [0.1, 0.15) is 45.9 Å². The van der Waals surface area contributed by atoms with Gasteiger partial charge in [0.2, 0.25) is 0 Å². The van der Waals surface area contributed by atoms with Crippen LogP contribution in [-0.4, -0.2) is 17.4 Å². The summed E-state index contributed by atoms with van der Waals surface area (Å²) in [4.78, 5) is 13.7. The average Bonchev–Trinajstić information content (AvgIpc) is 3.03. The van der Waals surface area contributed by atoms with Crippen LogP contribution in [0.3, 0.4) is 0 Å². The second-order valence-corrected chi connectivity index (χ2v) is 7.92. The summed E-state index contributed by atoms with van der Waals surface area (Å²) in [7, 11) is 0. The van der Waals surface area contributed by atoms with Gasteiger partial charge in [0.05, 0.1) is 17.3 Å². The number of halogens is 3. The quantitative estimate of drug-likeness (QED) is 0.449. The van der Waals surface area contributed by atoms with Crippen LogP contribution >= 0.6 is 11.8 Å². The first-order valence-electron chi connectivity index (χ1n) is 9.44. The summed E-state index contributed by atoms with van der Waals surface area (Å²) in [6.45, 7) is 5.48. The fourth-order valence-corrected chi connectivity index (χ4v) is 4.16. The van der Waals surface area contributed by atoms with Gasteiger partial charge in [-0.1, -0.05) is 29.4 Å². The Hall–Kier alpha value is -2.94. The maximum atomic E-state index is 12.9. The van der Waals surface area contributed by atoms with E-state index in [9.17, 15) is 18.0 Å². The molecule has 0 fully saturated rings. The maximum absolute atomic E-state index is 12.9. The van der Waals surface area contributed by atoms with Crippen molar-refractivity contribution >= 4 is 17.7 Å². The van der Waals surface area contributed by atoms with Crippen molar-refractivity contribution in [2.75, 3.05) is 0 Å². The topological polar surface area (TPSA) is 64.4 Å². The number of aryl methyl sites for hydroxylation is 2. The predicted molar refractivity (Wildman–Crippen MR) is 111 cm³/mol. The lowest BCUT2D eigenvalue weighted by molar-refractivity contribution is -0.274. The number of hydrogen-bond donors (Lipinski definition) is 1. The van der Waals surface area contributed by atoms with Crippen LogP contribution in [0.5, 0.6) is 5.75 Å². The van der Waals surface area contributed by atoms with E-state index >= 15 is 0 Å². The van der Waals surface area contributed by atoms with Crippen LogP contribution in [0.25, 0.3) is 0 Å². The Morgan fingerprint density at radius 3 is 2.45 bits per heavy atom. The minimum atomic E-state index is -4.74. The van der Waals surface area contributed by atoms with Crippen molar-refractivity contribution in [1.82, 2.24) is 10.5 Å². The van der Waals surface area contributed by atoms with Gasteiger partial charge in [-0.15, -0.1) is 24.9 Å². The van der Waals surface area contributed by atoms with Crippen LogP contribution in [0.15, 0.2) is 57.9 Å². The third-order valence-electron chi connectivity index (χ3n) is 4.65. The Kier molecular flexibility index (Phi) is 6.94. The maximum Gasteiger partial charge on any atom is 0.573 e. The molecular formula is C22H21F3N2O3S. The van der Waals surface area contributed by atoms with Crippen molar-refractivity contribution in [1.29, 1.82) is 0 Å². The summed E-state index contributed by atoms with van der Waals surface area (Å²) < 4.78 is 46.0. The predicted octanol–water partition coefficient (Wildman–Crippen LogP) is 5.97. The first-order chi connectivity index (χ1) is 14.6. The van der Waals surface area contributed by atoms with Crippen molar-refractivity contribution in [3.63, 3.8) is 0 Å². The molecule has 0 aliphatic carbocycles. The van der Waals surface area contributed by atoms with E-state index in [0.717, 1.165) is 21.9 Å². The summed E-state index contributed by atoms with van der Waals surface area (Å²) in [5.41, 5.74) is 2.99. The van der Waals surface area contributed by atoms with E-state index in [0.29, 0.717) is 16.9 Å². The summed E-state index contributed by atoms with van der Waals surface area (Å²) in [5.74, 6) is 0.779. The number of thioether (sulfide) groups is 1. The molecule has 164 valence electrons. The molecule has 3 rings (SSSR count). The van der Waals surface area contributed by atoms with Crippen LogP contribution in [0.2, 0.25) is 0 Å². The summed E-state index contributed by atoms with van der Waals surface area (Å²) in [6, 6.07) is 12.3. The zero-order valence-corrected chi connectivity index (χ0v) is 17.9. The Morgan fingerprint density at radius 2 is 1.84 bits per heavy atom. The molecule has 0 spiro atoms. The van der Waals surface area contributed by atoms with Gasteiger partial charge in [0.15, 0.2) is 0 Å². The lowest BCUT2D eigenvalue weighted by Crippen LogP contribution is -2.27. The highest BCUT2D eigenvalue weighted by atomic mass is 32.2. The first kappa shape index (κ1) is 22.7. The van der Waals surface area contributed by atoms with Crippen molar-refractivity contribution in [3.8, 4) is 5.75 Å². The molecule has 9 heteroatoms. The zero-order chi connectivity index (χ0) is 22.6. The SMILES string of the molecule is Cc1noc(C)c1CSc1ccccc1C(=O)NC(C)c1ccc(OC(F)(F)F)cc1. The molecule has 0 aliphatic rings. The van der Waals surface area contributed by atoms with E-state index in [4.69, 9.17) is 4.52 Å². The van der Waals surface area contributed by atoms with Gasteiger partial charge >= 0.3 is 6.36 Å². The number of carbonyl (C=O) groups is 1. The molecule has 1 unspecified atom stereocenters. The first-order valence-corrected chi connectivity index (χ1v) is 10.4. The number of aromatic nitrogens is 1. The van der Waals surface area contributed by atoms with Gasteiger partial charge in [0.25, 0.3) is 5.91 Å². The Labute approximate surface area is 182 Å². The number of benzene rings is 2. The van der Waals surface area contributed by atoms with Crippen LogP contribution < -0.4 is 10.1 Å². The van der Waals surface area contributed by atoms with E-state index in [-0.39, 0.29) is 11.7 Å². The molecule has 0 aliphatic heterocycles. The highest BCUT2D eigenvalue weighted by Gasteiger charge is 2.31. The van der Waals surface area contributed by atoms with Gasteiger partial charge < -0.3 is 14.6 Å². The highest BCUT2D eigenvalue weighted by Crippen LogP contribution is 2.29. The van der Waals surface area contributed by atoms with E-state index < -0.39 is 12.4 Å². The number of nitrogens with zero attached hydrogens (tertiary/aromatic N) is 1. The van der Waals surface area contributed by atoms with Gasteiger partial charge in [-0.05, 0) is 50.6 Å². The normalized spacial score (nSPS) is 12.5. The summed E-state index contributed by atoms with van der Waals surface area (Å²) in [5, 5.41) is 6.84. The lowest BCUT2D eigenvalue weighted by atomic mass is 10.1. The number of carbonyl (C=O) groups excluding carboxylic acids is 1. The largest absolute Gasteiger partial charge is 0.573 e. The number of ether oxygens (including phenoxy) is 1. The molecule has 0 saturated heterocycles. The second kappa shape index (κ2) is 9.47. The van der Waals surface area contributed by atoms with Crippen molar-refractivity contribution in [2.45, 2.75) is 43.8 Å². The number of rotatable bonds is 7. The van der Waals surface area contributed by atoms with Crippen LogP contribution in [0, 0.1) is 13.8 Å². The fourth-order valence-electron chi connectivity index (χ4n) is 2.95. The molecule has 2 aromatic carbocycles. The molecule has 5 nitrogen and oxygen atoms in total. The number of amides is 1. The van der Waals surface area contributed by atoms with Crippen LogP contribution in [0.4, 0.5) is 13.2 Å². The molecule has 1 aromatic heterocycles. The molecule has 1 amide bonds. The number of nitrogens with one attached hydrogen (secondary N) is 1. The average molecular weight is 450 g/mol. The molecule has 3 aromatic rings. The van der Waals surface area contributed by atoms with Gasteiger partial charge in [-0.3, -0.25) is 4.79 Å². The van der Waals surface area contributed by atoms with Crippen molar-refractivity contribution in [2.24, 2.45) is 0 Å². The van der Waals surface area contributed by atoms with Crippen LogP contribution in [-0.2, 0) is 5.75 Å². The van der Waals surface area contributed by atoms with Crippen molar-refractivity contribution in [3.05, 3.63) is 76.7 Å². The Balaban J connectivity index is 1.67. The number of alkyl halides is 3. The molecule has 1 atom stereocenters. The molecule has 1 N–H and O–H groups in total. The van der Waals surface area contributed by atoms with Gasteiger partial charge in [0, 0.05) is 16.2 Å². The van der Waals surface area contributed by atoms with E-state index in [1.807, 2.05) is 26.0 Å². The Morgan fingerprint density at radius 1 is 1.16 bits per heavy atom. The third-order valence-corrected chi connectivity index (χ3v) is 5.75. The second-order valence-electron chi connectivity index (χ2n) is 6.90. The van der Waals surface area contributed by atoms with Gasteiger partial charge in [-0.2, -0.15) is 0 Å². The fraction of sp³-hybridized carbons (Fsp3) is 0.273. The molecule has 0 saturated carbocycles. The smallest absolute Gasteiger partial charge is 0.406 e. The number of hydrogen-bond acceptors (Lipinski definition) is 5. The molecule has 0 radical (unpaired) electrons. The minimum Gasteiger partial charge on any atom is -0.406 e. The molecule has 1 heterocycles. The van der Waals surface area contributed by atoms with E-state index in [1.54, 1.807) is 19.1 Å². The van der Waals surface area contributed by atoms with E-state index in [2.05, 4.69) is 15.2 Å². The van der Waals surface area contributed by atoms with Crippen molar-refractivity contribution < 1.29 is 27.2 Å². The molecular weight excluding hydrogens is 429 g/mol. The third kappa shape index (κ3) is 6.04. The standard InChI is InChI=1S/C22H21F3N2O3S/c1-13(16-8-10-17(11-9-16)29-22(23,24)25)26-21(28)18-6-4-5-7-20(18)31-12-19-14(2)27-30-15(19)3/h4-11,13H,12H2,1-3H3,(H,26,28). The molecule has 0 bridgehead atoms. The summed E-state index contributed by atoms with van der Waals surface area (Å²) >= 11 is 1.51. The van der Waals surface area contributed by atoms with E-state index in [1.165, 1.54) is 36.0 Å². The minimum absolute atomic E-state index is 0.273. The zero-order valence-electron chi connectivity index (χ0n) is 17.1. The summed E-state index contributed by atoms with van der Waals surface area (Å²) in [6.07, 6.45) is -4.74. The highest BCUT2D eigenvalue weighted by molar-refractivity contribution is 7.98. The lowest BCUT2D eigenvalue weighted by Gasteiger charge is -2.17. The van der Waals surface area contributed by atoms with Gasteiger partial charge in [0.1, 0.15) is 11.5 Å². The monoisotopic (exact) mass is 450 g/mol.